The Morgan fingerprint density at radius 1 is 1.04 bits per heavy atom. The monoisotopic (exact) mass is 350 g/mol. The Bertz CT molecular complexity index is 926. The SMILES string of the molecule is COc1ccc(Nc2nccc(-c3ccc(OC)c(C(N)=O)c3)n2)cc1. The van der Waals surface area contributed by atoms with Gasteiger partial charge < -0.3 is 20.5 Å². The highest BCUT2D eigenvalue weighted by atomic mass is 16.5. The van der Waals surface area contributed by atoms with Crippen molar-refractivity contribution in [1.29, 1.82) is 0 Å². The van der Waals surface area contributed by atoms with Gasteiger partial charge in [0.05, 0.1) is 25.5 Å². The lowest BCUT2D eigenvalue weighted by atomic mass is 10.1. The Morgan fingerprint density at radius 2 is 1.81 bits per heavy atom. The Balaban J connectivity index is 1.89. The fourth-order valence-corrected chi connectivity index (χ4v) is 2.44. The second kappa shape index (κ2) is 7.52. The molecule has 1 amide bonds. The molecular weight excluding hydrogens is 332 g/mol. The number of carbonyl (C=O) groups excluding carboxylic acids is 1. The minimum atomic E-state index is -0.561. The number of nitrogens with one attached hydrogen (secondary N) is 1. The van der Waals surface area contributed by atoms with E-state index in [1.165, 1.54) is 7.11 Å². The lowest BCUT2D eigenvalue weighted by Gasteiger charge is -2.10. The van der Waals surface area contributed by atoms with Gasteiger partial charge in [-0.05, 0) is 48.5 Å². The molecule has 1 heterocycles. The zero-order valence-corrected chi connectivity index (χ0v) is 14.4. The molecule has 0 unspecified atom stereocenters. The number of aromatic nitrogens is 2. The van der Waals surface area contributed by atoms with E-state index in [1.54, 1.807) is 31.5 Å². The van der Waals surface area contributed by atoms with Crippen LogP contribution in [0.25, 0.3) is 11.3 Å². The molecule has 1 aromatic heterocycles. The van der Waals surface area contributed by atoms with Crippen LogP contribution < -0.4 is 20.5 Å². The summed E-state index contributed by atoms with van der Waals surface area (Å²) in [6.45, 7) is 0. The quantitative estimate of drug-likeness (QED) is 0.709. The molecule has 2 aromatic carbocycles. The topological polar surface area (TPSA) is 99.4 Å². The minimum Gasteiger partial charge on any atom is -0.497 e. The zero-order chi connectivity index (χ0) is 18.5. The molecule has 0 spiro atoms. The van der Waals surface area contributed by atoms with Crippen molar-refractivity contribution in [3.63, 3.8) is 0 Å². The third-order valence-electron chi connectivity index (χ3n) is 3.76. The minimum absolute atomic E-state index is 0.299. The van der Waals surface area contributed by atoms with E-state index in [0.717, 1.165) is 17.0 Å². The number of primary amides is 1. The predicted octanol–water partition coefficient (Wildman–Crippen LogP) is 3.00. The molecule has 3 rings (SSSR count). The summed E-state index contributed by atoms with van der Waals surface area (Å²) in [4.78, 5) is 20.3. The molecule has 0 aliphatic heterocycles. The number of rotatable bonds is 6. The van der Waals surface area contributed by atoms with Crippen LogP contribution >= 0.6 is 0 Å². The molecule has 3 aromatic rings. The molecule has 132 valence electrons. The molecule has 7 heteroatoms. The molecule has 26 heavy (non-hydrogen) atoms. The average Bonchev–Trinajstić information content (AvgIpc) is 2.68. The predicted molar refractivity (Wildman–Crippen MR) is 98.8 cm³/mol. The number of anilines is 2. The molecule has 0 aliphatic carbocycles. The van der Waals surface area contributed by atoms with Gasteiger partial charge in [-0.3, -0.25) is 4.79 Å². The normalized spacial score (nSPS) is 10.2. The Kier molecular flexibility index (Phi) is 4.98. The maximum absolute atomic E-state index is 11.6. The first-order valence-corrected chi connectivity index (χ1v) is 7.83. The molecule has 3 N–H and O–H groups in total. The van der Waals surface area contributed by atoms with Crippen LogP contribution in [0.1, 0.15) is 10.4 Å². The summed E-state index contributed by atoms with van der Waals surface area (Å²) in [5, 5.41) is 3.13. The second-order valence-electron chi connectivity index (χ2n) is 5.40. The third kappa shape index (κ3) is 3.72. The van der Waals surface area contributed by atoms with Gasteiger partial charge in [-0.2, -0.15) is 0 Å². The second-order valence-corrected chi connectivity index (χ2v) is 5.40. The van der Waals surface area contributed by atoms with Crippen LogP contribution in [0.15, 0.2) is 54.7 Å². The summed E-state index contributed by atoms with van der Waals surface area (Å²) in [5.74, 6) is 1.06. The Morgan fingerprint density at radius 3 is 2.46 bits per heavy atom. The number of ether oxygens (including phenoxy) is 2. The number of carbonyl (C=O) groups is 1. The standard InChI is InChI=1S/C19H18N4O3/c1-25-14-6-4-13(5-7-14)22-19-21-10-9-16(23-19)12-3-8-17(26-2)15(11-12)18(20)24/h3-11H,1-2H3,(H2,20,24)(H,21,22,23). The molecular formula is C19H18N4O3. The smallest absolute Gasteiger partial charge is 0.252 e. The van der Waals surface area contributed by atoms with Gasteiger partial charge in [-0.25, -0.2) is 9.97 Å². The Labute approximate surface area is 150 Å². The average molecular weight is 350 g/mol. The summed E-state index contributed by atoms with van der Waals surface area (Å²) < 4.78 is 10.3. The van der Waals surface area contributed by atoms with E-state index in [2.05, 4.69) is 15.3 Å². The van der Waals surface area contributed by atoms with Gasteiger partial charge in [0.1, 0.15) is 11.5 Å². The van der Waals surface area contributed by atoms with E-state index in [9.17, 15) is 4.79 Å². The van der Waals surface area contributed by atoms with Crippen molar-refractivity contribution < 1.29 is 14.3 Å². The number of amides is 1. The van der Waals surface area contributed by atoms with E-state index in [-0.39, 0.29) is 0 Å². The summed E-state index contributed by atoms with van der Waals surface area (Å²) in [5.41, 5.74) is 7.94. The van der Waals surface area contributed by atoms with Crippen LogP contribution in [0.3, 0.4) is 0 Å². The number of hydrogen-bond donors (Lipinski definition) is 2. The fraction of sp³-hybridized carbons (Fsp3) is 0.105. The van der Waals surface area contributed by atoms with Gasteiger partial charge in [-0.1, -0.05) is 0 Å². The number of nitrogens with zero attached hydrogens (tertiary/aromatic N) is 2. The molecule has 0 atom stereocenters. The first-order valence-electron chi connectivity index (χ1n) is 7.83. The number of nitrogens with two attached hydrogens (primary N) is 1. The van der Waals surface area contributed by atoms with Gasteiger partial charge in [0.15, 0.2) is 0 Å². The van der Waals surface area contributed by atoms with E-state index in [1.807, 2.05) is 30.3 Å². The van der Waals surface area contributed by atoms with E-state index >= 15 is 0 Å². The van der Waals surface area contributed by atoms with Crippen LogP contribution in [0.4, 0.5) is 11.6 Å². The highest BCUT2D eigenvalue weighted by molar-refractivity contribution is 5.97. The highest BCUT2D eigenvalue weighted by Crippen LogP contribution is 2.26. The van der Waals surface area contributed by atoms with E-state index in [0.29, 0.717) is 23.0 Å². The van der Waals surface area contributed by atoms with Crippen molar-refractivity contribution in [1.82, 2.24) is 9.97 Å². The third-order valence-corrected chi connectivity index (χ3v) is 3.76. The van der Waals surface area contributed by atoms with Gasteiger partial charge >= 0.3 is 0 Å². The lowest BCUT2D eigenvalue weighted by Crippen LogP contribution is -2.12. The van der Waals surface area contributed by atoms with Crippen molar-refractivity contribution in [3.8, 4) is 22.8 Å². The maximum atomic E-state index is 11.6. The largest absolute Gasteiger partial charge is 0.497 e. The van der Waals surface area contributed by atoms with Gasteiger partial charge in [-0.15, -0.1) is 0 Å². The van der Waals surface area contributed by atoms with Crippen LogP contribution in [-0.4, -0.2) is 30.1 Å². The van der Waals surface area contributed by atoms with E-state index < -0.39 is 5.91 Å². The van der Waals surface area contributed by atoms with Crippen molar-refractivity contribution in [2.75, 3.05) is 19.5 Å². The molecule has 0 aliphatic rings. The molecule has 7 nitrogen and oxygen atoms in total. The van der Waals surface area contributed by atoms with Crippen molar-refractivity contribution in [2.24, 2.45) is 5.73 Å². The Hall–Kier alpha value is -3.61. The van der Waals surface area contributed by atoms with Crippen LogP contribution in [-0.2, 0) is 0 Å². The van der Waals surface area contributed by atoms with Crippen LogP contribution in [0, 0.1) is 0 Å². The van der Waals surface area contributed by atoms with E-state index in [4.69, 9.17) is 15.2 Å². The molecule has 0 saturated carbocycles. The molecule has 0 radical (unpaired) electrons. The van der Waals surface area contributed by atoms with Gasteiger partial charge in [0.25, 0.3) is 5.91 Å². The first kappa shape index (κ1) is 17.2. The number of hydrogen-bond acceptors (Lipinski definition) is 6. The van der Waals surface area contributed by atoms with Crippen molar-refractivity contribution >= 4 is 17.5 Å². The van der Waals surface area contributed by atoms with Crippen molar-refractivity contribution in [3.05, 3.63) is 60.3 Å². The van der Waals surface area contributed by atoms with Crippen molar-refractivity contribution in [2.45, 2.75) is 0 Å². The molecule has 0 fully saturated rings. The lowest BCUT2D eigenvalue weighted by molar-refractivity contribution is 0.0997. The molecule has 0 saturated heterocycles. The maximum Gasteiger partial charge on any atom is 0.252 e. The van der Waals surface area contributed by atoms with Gasteiger partial charge in [0.2, 0.25) is 5.95 Å². The summed E-state index contributed by atoms with van der Waals surface area (Å²) in [6, 6.07) is 14.3. The van der Waals surface area contributed by atoms with Gasteiger partial charge in [0, 0.05) is 17.4 Å². The fourth-order valence-electron chi connectivity index (χ4n) is 2.44. The van der Waals surface area contributed by atoms with Crippen LogP contribution in [0.5, 0.6) is 11.5 Å². The number of methoxy groups -OCH3 is 2. The number of benzene rings is 2. The summed E-state index contributed by atoms with van der Waals surface area (Å²) >= 11 is 0. The highest BCUT2D eigenvalue weighted by Gasteiger charge is 2.12. The summed E-state index contributed by atoms with van der Waals surface area (Å²) in [7, 11) is 3.10. The molecule has 0 bridgehead atoms. The van der Waals surface area contributed by atoms with Crippen LogP contribution in [0.2, 0.25) is 0 Å². The summed E-state index contributed by atoms with van der Waals surface area (Å²) in [6.07, 6.45) is 1.64. The zero-order valence-electron chi connectivity index (χ0n) is 14.4. The first-order chi connectivity index (χ1) is 12.6.